The number of methoxy groups -OCH3 is 1. The normalized spacial score (nSPS) is 45.8. The number of allylic oxidation sites excluding steroid dienone is 2. The number of aliphatic hydroxyl groups is 1. The van der Waals surface area contributed by atoms with E-state index >= 15 is 0 Å². The van der Waals surface area contributed by atoms with Crippen molar-refractivity contribution in [2.75, 3.05) is 13.7 Å². The molecule has 1 spiro atoms. The van der Waals surface area contributed by atoms with E-state index in [1.54, 1.807) is 18.4 Å². The number of hydrogen-bond donors (Lipinski definition) is 1. The van der Waals surface area contributed by atoms with Gasteiger partial charge in [-0.3, -0.25) is 9.59 Å². The highest BCUT2D eigenvalue weighted by atomic mass is 16.7. The number of cyclic esters (lactones) is 1. The molecule has 8 nitrogen and oxygen atoms in total. The van der Waals surface area contributed by atoms with Crippen molar-refractivity contribution in [3.8, 4) is 0 Å². The number of carbonyl (C=O) groups is 3. The molecule has 8 atom stereocenters. The highest BCUT2D eigenvalue weighted by Gasteiger charge is 2.88. The van der Waals surface area contributed by atoms with Crippen LogP contribution in [0.2, 0.25) is 0 Å². The summed E-state index contributed by atoms with van der Waals surface area (Å²) >= 11 is 0. The van der Waals surface area contributed by atoms with Gasteiger partial charge in [0.25, 0.3) is 0 Å². The highest BCUT2D eigenvalue weighted by Crippen LogP contribution is 2.76. The number of carbonyl (C=O) groups excluding carboxylic acids is 3. The van der Waals surface area contributed by atoms with Gasteiger partial charge in [-0.05, 0) is 43.2 Å². The summed E-state index contributed by atoms with van der Waals surface area (Å²) < 4.78 is 22.9. The average Bonchev–Trinajstić information content (AvgIpc) is 3.38. The van der Waals surface area contributed by atoms with E-state index in [1.807, 2.05) is 40.7 Å². The van der Waals surface area contributed by atoms with Crippen molar-refractivity contribution in [1.29, 1.82) is 0 Å². The second-order valence-electron chi connectivity index (χ2n) is 11.8. The largest absolute Gasteiger partial charge is 0.472 e. The van der Waals surface area contributed by atoms with Crippen LogP contribution in [0.5, 0.6) is 0 Å². The fraction of sp³-hybridized carbons (Fsp3) is 0.667. The number of hydrogen-bond acceptors (Lipinski definition) is 8. The van der Waals surface area contributed by atoms with E-state index in [4.69, 9.17) is 18.6 Å². The molecule has 2 saturated heterocycles. The first-order chi connectivity index (χ1) is 16.4. The fourth-order valence-electron chi connectivity index (χ4n) is 8.22. The number of furan rings is 1. The van der Waals surface area contributed by atoms with Gasteiger partial charge in [-0.2, -0.15) is 0 Å². The Labute approximate surface area is 205 Å². The number of esters is 2. The molecule has 2 aliphatic heterocycles. The van der Waals surface area contributed by atoms with Gasteiger partial charge in [-0.1, -0.05) is 33.8 Å². The number of ketones is 1. The Morgan fingerprint density at radius 3 is 2.49 bits per heavy atom. The van der Waals surface area contributed by atoms with Crippen molar-refractivity contribution in [3.63, 3.8) is 0 Å². The summed E-state index contributed by atoms with van der Waals surface area (Å²) in [5.74, 6) is -1.87. The predicted octanol–water partition coefficient (Wildman–Crippen LogP) is 3.39. The molecule has 0 amide bonds. The van der Waals surface area contributed by atoms with Crippen LogP contribution in [-0.4, -0.2) is 48.3 Å². The van der Waals surface area contributed by atoms with Gasteiger partial charge in [-0.25, -0.2) is 4.79 Å². The SMILES string of the molecule is COC(=O)[C@@]1(C)[C@@H]([C@@]2(C)C=CC(=O)C(C)(C)[C@@H]2CO)CC[C@@]2(C)[C@H](c3ccoc3)OC(=O)[C@H]3O[C@]321. The Bertz CT molecular complexity index is 1100. The first-order valence-corrected chi connectivity index (χ1v) is 12.2. The molecule has 8 heteroatoms. The lowest BCUT2D eigenvalue weighted by molar-refractivity contribution is -0.212. The molecule has 35 heavy (non-hydrogen) atoms. The third-order valence-electron chi connectivity index (χ3n) is 10.2. The van der Waals surface area contributed by atoms with Gasteiger partial charge in [0.1, 0.15) is 17.1 Å². The first kappa shape index (κ1) is 24.3. The molecule has 0 unspecified atom stereocenters. The molecule has 3 fully saturated rings. The van der Waals surface area contributed by atoms with Gasteiger partial charge in [0, 0.05) is 28.9 Å². The van der Waals surface area contributed by atoms with E-state index in [1.165, 1.54) is 13.4 Å². The van der Waals surface area contributed by atoms with Crippen LogP contribution in [-0.2, 0) is 28.6 Å². The summed E-state index contributed by atoms with van der Waals surface area (Å²) in [5.41, 5.74) is -4.02. The van der Waals surface area contributed by atoms with Crippen molar-refractivity contribution in [2.24, 2.45) is 33.5 Å². The molecule has 1 aromatic heterocycles. The highest BCUT2D eigenvalue weighted by molar-refractivity contribution is 5.96. The van der Waals surface area contributed by atoms with E-state index < -0.39 is 57.3 Å². The minimum absolute atomic E-state index is 0.0607. The fourth-order valence-corrected chi connectivity index (χ4v) is 8.22. The molecule has 2 aliphatic carbocycles. The van der Waals surface area contributed by atoms with E-state index in [2.05, 4.69) is 0 Å². The molecule has 0 bridgehead atoms. The number of aliphatic hydroxyl groups excluding tert-OH is 1. The molecule has 0 radical (unpaired) electrons. The van der Waals surface area contributed by atoms with Crippen molar-refractivity contribution in [1.82, 2.24) is 0 Å². The van der Waals surface area contributed by atoms with Crippen molar-refractivity contribution >= 4 is 17.7 Å². The Morgan fingerprint density at radius 1 is 1.17 bits per heavy atom. The third kappa shape index (κ3) is 2.67. The lowest BCUT2D eigenvalue weighted by Gasteiger charge is -2.62. The summed E-state index contributed by atoms with van der Waals surface area (Å²) in [6.07, 6.45) is 6.13. The number of ether oxygens (including phenoxy) is 3. The minimum atomic E-state index is -1.26. The van der Waals surface area contributed by atoms with Gasteiger partial charge in [0.15, 0.2) is 11.9 Å². The predicted molar refractivity (Wildman–Crippen MR) is 123 cm³/mol. The van der Waals surface area contributed by atoms with E-state index in [0.29, 0.717) is 18.4 Å². The number of rotatable bonds is 4. The molecule has 3 heterocycles. The third-order valence-corrected chi connectivity index (χ3v) is 10.2. The molecule has 1 N–H and O–H groups in total. The summed E-state index contributed by atoms with van der Waals surface area (Å²) in [7, 11) is 1.34. The molecule has 5 rings (SSSR count). The summed E-state index contributed by atoms with van der Waals surface area (Å²) in [6.45, 7) is 9.27. The lowest BCUT2D eigenvalue weighted by Crippen LogP contribution is -2.69. The van der Waals surface area contributed by atoms with Crippen LogP contribution < -0.4 is 0 Å². The smallest absolute Gasteiger partial charge is 0.339 e. The zero-order chi connectivity index (χ0) is 25.6. The molecule has 0 aromatic carbocycles. The minimum Gasteiger partial charge on any atom is -0.472 e. The Morgan fingerprint density at radius 2 is 1.89 bits per heavy atom. The van der Waals surface area contributed by atoms with Crippen LogP contribution in [0.15, 0.2) is 35.2 Å². The van der Waals surface area contributed by atoms with Gasteiger partial charge in [0.05, 0.1) is 19.6 Å². The summed E-state index contributed by atoms with van der Waals surface area (Å²) in [6, 6.07) is 1.77. The van der Waals surface area contributed by atoms with E-state index in [0.717, 1.165) is 0 Å². The van der Waals surface area contributed by atoms with Crippen LogP contribution >= 0.6 is 0 Å². The quantitative estimate of drug-likeness (QED) is 0.509. The van der Waals surface area contributed by atoms with Crippen LogP contribution in [0.1, 0.15) is 59.1 Å². The average molecular weight is 487 g/mol. The zero-order valence-corrected chi connectivity index (χ0v) is 21.1. The van der Waals surface area contributed by atoms with Gasteiger partial charge in [-0.15, -0.1) is 0 Å². The zero-order valence-electron chi connectivity index (χ0n) is 21.1. The Kier molecular flexibility index (Phi) is 5.05. The first-order valence-electron chi connectivity index (χ1n) is 12.2. The number of epoxide rings is 1. The van der Waals surface area contributed by atoms with Crippen molar-refractivity contribution in [3.05, 3.63) is 36.3 Å². The van der Waals surface area contributed by atoms with Crippen molar-refractivity contribution in [2.45, 2.75) is 65.3 Å². The topological polar surface area (TPSA) is 116 Å². The summed E-state index contributed by atoms with van der Waals surface area (Å²) in [4.78, 5) is 39.7. The van der Waals surface area contributed by atoms with E-state index in [9.17, 15) is 19.5 Å². The van der Waals surface area contributed by atoms with Crippen LogP contribution in [0.3, 0.4) is 0 Å². The Hall–Kier alpha value is -2.45. The van der Waals surface area contributed by atoms with Gasteiger partial charge >= 0.3 is 11.9 Å². The second-order valence-corrected chi connectivity index (χ2v) is 11.8. The van der Waals surface area contributed by atoms with E-state index in [-0.39, 0.29) is 18.3 Å². The van der Waals surface area contributed by atoms with Gasteiger partial charge in [0.2, 0.25) is 0 Å². The lowest BCUT2D eigenvalue weighted by atomic mass is 9.40. The van der Waals surface area contributed by atoms with Gasteiger partial charge < -0.3 is 23.7 Å². The maximum absolute atomic E-state index is 13.8. The standard InChI is InChI=1S/C27H34O8/c1-23(2)17(13-28)24(3,10-8-18(23)29)16-7-11-25(4)19(15-9-12-33-14-15)34-21(30)20-27(25,35-20)26(16,5)22(31)32-6/h8-10,12,14,16-17,19-20,28H,7,11,13H2,1-6H3/t16-,17+,19+,20-,24-,25+,26-,27-/m1/s1. The monoisotopic (exact) mass is 486 g/mol. The van der Waals surface area contributed by atoms with Crippen LogP contribution in [0.25, 0.3) is 0 Å². The van der Waals surface area contributed by atoms with Crippen LogP contribution in [0, 0.1) is 33.5 Å². The molecular weight excluding hydrogens is 452 g/mol. The maximum Gasteiger partial charge on any atom is 0.339 e. The van der Waals surface area contributed by atoms with Crippen molar-refractivity contribution < 1.29 is 38.1 Å². The molecular formula is C27H34O8. The molecule has 4 aliphatic rings. The second kappa shape index (κ2) is 7.29. The molecule has 1 aromatic rings. The Balaban J connectivity index is 1.71. The molecule has 1 saturated carbocycles. The molecule has 190 valence electrons. The maximum atomic E-state index is 13.8. The van der Waals surface area contributed by atoms with Crippen LogP contribution in [0.4, 0.5) is 0 Å². The summed E-state index contributed by atoms with van der Waals surface area (Å²) in [5, 5.41) is 10.5.